The average Bonchev–Trinajstić information content (AvgIpc) is 2.45. The number of halogens is 3. The van der Waals surface area contributed by atoms with Gasteiger partial charge in [0.15, 0.2) is 0 Å². The minimum Gasteiger partial charge on any atom is -0.491 e. The molecule has 0 aromatic heterocycles. The Labute approximate surface area is 120 Å². The van der Waals surface area contributed by atoms with E-state index >= 15 is 0 Å². The molecule has 6 heteroatoms. The van der Waals surface area contributed by atoms with Crippen LogP contribution in [0.2, 0.25) is 0 Å². The molecule has 20 heavy (non-hydrogen) atoms. The van der Waals surface area contributed by atoms with E-state index in [1.54, 1.807) is 0 Å². The van der Waals surface area contributed by atoms with Gasteiger partial charge in [0.25, 0.3) is 0 Å². The Morgan fingerprint density at radius 1 is 1.20 bits per heavy atom. The monoisotopic (exact) mass is 306 g/mol. The van der Waals surface area contributed by atoms with Crippen LogP contribution in [0, 0.1) is 5.92 Å². The quantitative estimate of drug-likeness (QED) is 0.922. The van der Waals surface area contributed by atoms with Gasteiger partial charge in [-0.3, -0.25) is 0 Å². The lowest BCUT2D eigenvalue weighted by molar-refractivity contribution is -0.137. The van der Waals surface area contributed by atoms with Gasteiger partial charge in [-0.15, -0.1) is 0 Å². The summed E-state index contributed by atoms with van der Waals surface area (Å²) in [6, 6.07) is 4.54. The maximum absolute atomic E-state index is 12.4. The lowest BCUT2D eigenvalue weighted by Gasteiger charge is -2.26. The molecule has 0 aliphatic carbocycles. The van der Waals surface area contributed by atoms with Gasteiger partial charge in [-0.1, -0.05) is 0 Å². The first-order valence-corrected chi connectivity index (χ1v) is 7.68. The minimum atomic E-state index is -4.34. The van der Waals surface area contributed by atoms with Crippen LogP contribution in [0.1, 0.15) is 18.4 Å². The normalized spacial score (nSPS) is 18.8. The second-order valence-electron chi connectivity index (χ2n) is 4.85. The first-order valence-electron chi connectivity index (χ1n) is 6.52. The van der Waals surface area contributed by atoms with Gasteiger partial charge in [-0.05, 0) is 54.5 Å². The van der Waals surface area contributed by atoms with E-state index in [2.05, 4.69) is 0 Å². The highest BCUT2D eigenvalue weighted by Crippen LogP contribution is 2.30. The fourth-order valence-corrected chi connectivity index (χ4v) is 3.30. The molecule has 1 atom stereocenters. The number of thioether (sulfide) groups is 1. The summed E-state index contributed by atoms with van der Waals surface area (Å²) in [6.07, 6.45) is -2.97. The zero-order valence-electron chi connectivity index (χ0n) is 10.9. The van der Waals surface area contributed by atoms with Gasteiger partial charge in [-0.25, -0.2) is 0 Å². The molecule has 1 aromatic carbocycles. The number of aliphatic hydroxyl groups is 1. The second-order valence-corrected chi connectivity index (χ2v) is 6.08. The van der Waals surface area contributed by atoms with E-state index in [0.29, 0.717) is 5.75 Å². The third-order valence-corrected chi connectivity index (χ3v) is 4.46. The van der Waals surface area contributed by atoms with Gasteiger partial charge in [-0.2, -0.15) is 24.9 Å². The van der Waals surface area contributed by atoms with Gasteiger partial charge in [0.1, 0.15) is 12.4 Å². The molecule has 1 aromatic rings. The predicted molar refractivity (Wildman–Crippen MR) is 73.0 cm³/mol. The van der Waals surface area contributed by atoms with Crippen LogP contribution in [-0.4, -0.2) is 29.3 Å². The number of ether oxygens (including phenoxy) is 1. The molecule has 2 rings (SSSR count). The predicted octanol–water partition coefficient (Wildman–Crippen LogP) is 3.59. The molecule has 1 unspecified atom stereocenters. The summed E-state index contributed by atoms with van der Waals surface area (Å²) >= 11 is 1.88. The van der Waals surface area contributed by atoms with E-state index < -0.39 is 17.8 Å². The highest BCUT2D eigenvalue weighted by atomic mass is 32.2. The van der Waals surface area contributed by atoms with Crippen LogP contribution >= 0.6 is 11.8 Å². The van der Waals surface area contributed by atoms with Gasteiger partial charge in [0.2, 0.25) is 0 Å². The highest BCUT2D eigenvalue weighted by molar-refractivity contribution is 7.99. The Balaban J connectivity index is 1.84. The van der Waals surface area contributed by atoms with Crippen molar-refractivity contribution in [3.05, 3.63) is 29.8 Å². The summed E-state index contributed by atoms with van der Waals surface area (Å²) < 4.78 is 42.5. The molecule has 0 spiro atoms. The van der Waals surface area contributed by atoms with Crippen LogP contribution < -0.4 is 4.74 Å². The molecule has 2 nitrogen and oxygen atoms in total. The summed E-state index contributed by atoms with van der Waals surface area (Å²) in [6.45, 7) is 0.126. The first kappa shape index (κ1) is 15.5. The van der Waals surface area contributed by atoms with Crippen LogP contribution in [0.5, 0.6) is 5.75 Å². The molecule has 1 aliphatic rings. The zero-order chi connectivity index (χ0) is 14.6. The summed E-state index contributed by atoms with van der Waals surface area (Å²) in [5.74, 6) is 2.66. The van der Waals surface area contributed by atoms with Crippen molar-refractivity contribution in [2.45, 2.75) is 25.1 Å². The number of benzene rings is 1. The Bertz CT molecular complexity index is 413. The minimum absolute atomic E-state index is 0.126. The smallest absolute Gasteiger partial charge is 0.416 e. The lowest BCUT2D eigenvalue weighted by Crippen LogP contribution is -2.30. The largest absolute Gasteiger partial charge is 0.491 e. The van der Waals surface area contributed by atoms with Gasteiger partial charge in [0, 0.05) is 0 Å². The lowest BCUT2D eigenvalue weighted by atomic mass is 9.96. The molecule has 1 fully saturated rings. The van der Waals surface area contributed by atoms with E-state index in [1.165, 1.54) is 12.1 Å². The fraction of sp³-hybridized carbons (Fsp3) is 0.571. The molecular weight excluding hydrogens is 289 g/mol. The van der Waals surface area contributed by atoms with Gasteiger partial charge >= 0.3 is 6.18 Å². The average molecular weight is 306 g/mol. The molecule has 0 saturated carbocycles. The molecule has 0 amide bonds. The molecule has 1 aliphatic heterocycles. The molecule has 112 valence electrons. The third-order valence-electron chi connectivity index (χ3n) is 3.41. The fourth-order valence-electron chi connectivity index (χ4n) is 2.16. The van der Waals surface area contributed by atoms with E-state index in [1.807, 2.05) is 11.8 Å². The van der Waals surface area contributed by atoms with Gasteiger partial charge in [0.05, 0.1) is 11.7 Å². The van der Waals surface area contributed by atoms with Gasteiger partial charge < -0.3 is 9.84 Å². The van der Waals surface area contributed by atoms with Crippen molar-refractivity contribution >= 4 is 11.8 Å². The van der Waals surface area contributed by atoms with Crippen molar-refractivity contribution < 1.29 is 23.0 Å². The summed E-state index contributed by atoms with van der Waals surface area (Å²) in [7, 11) is 0. The summed E-state index contributed by atoms with van der Waals surface area (Å²) in [5.41, 5.74) is -0.699. The first-order chi connectivity index (χ1) is 9.47. The van der Waals surface area contributed by atoms with Crippen molar-refractivity contribution in [1.29, 1.82) is 0 Å². The Morgan fingerprint density at radius 3 is 2.35 bits per heavy atom. The number of rotatable bonds is 4. The van der Waals surface area contributed by atoms with E-state index in [0.717, 1.165) is 36.5 Å². The van der Waals surface area contributed by atoms with Crippen molar-refractivity contribution in [2.75, 3.05) is 18.1 Å². The molecule has 0 radical (unpaired) electrons. The van der Waals surface area contributed by atoms with Crippen molar-refractivity contribution in [2.24, 2.45) is 5.92 Å². The Hall–Kier alpha value is -0.880. The third kappa shape index (κ3) is 4.31. The molecule has 1 N–H and O–H groups in total. The second kappa shape index (κ2) is 6.72. The molecule has 0 bridgehead atoms. The standard InChI is InChI=1S/C14H17F3O2S/c15-14(16,17)11-1-3-12(4-2-11)19-9-13(18)10-5-7-20-8-6-10/h1-4,10,13,18H,5-9H2. The van der Waals surface area contributed by atoms with Crippen LogP contribution in [0.25, 0.3) is 0 Å². The summed E-state index contributed by atoms with van der Waals surface area (Å²) in [4.78, 5) is 0. The van der Waals surface area contributed by atoms with Crippen molar-refractivity contribution in [1.82, 2.24) is 0 Å². The van der Waals surface area contributed by atoms with Crippen LogP contribution in [0.3, 0.4) is 0 Å². The maximum atomic E-state index is 12.4. The number of aliphatic hydroxyl groups excluding tert-OH is 1. The van der Waals surface area contributed by atoms with Crippen molar-refractivity contribution in [3.63, 3.8) is 0 Å². The molecule has 1 saturated heterocycles. The van der Waals surface area contributed by atoms with Crippen LogP contribution in [0.4, 0.5) is 13.2 Å². The van der Waals surface area contributed by atoms with E-state index in [4.69, 9.17) is 4.74 Å². The topological polar surface area (TPSA) is 29.5 Å². The SMILES string of the molecule is OC(COc1ccc(C(F)(F)F)cc1)C1CCSCC1. The Morgan fingerprint density at radius 2 is 1.80 bits per heavy atom. The number of alkyl halides is 3. The highest BCUT2D eigenvalue weighted by Gasteiger charge is 2.30. The Kier molecular flexibility index (Phi) is 5.21. The van der Waals surface area contributed by atoms with Crippen LogP contribution in [-0.2, 0) is 6.18 Å². The van der Waals surface area contributed by atoms with E-state index in [-0.39, 0.29) is 12.5 Å². The maximum Gasteiger partial charge on any atom is 0.416 e. The summed E-state index contributed by atoms with van der Waals surface area (Å²) in [5, 5.41) is 10.0. The van der Waals surface area contributed by atoms with E-state index in [9.17, 15) is 18.3 Å². The van der Waals surface area contributed by atoms with Crippen LogP contribution in [0.15, 0.2) is 24.3 Å². The zero-order valence-corrected chi connectivity index (χ0v) is 11.7. The molecule has 1 heterocycles. The number of hydrogen-bond donors (Lipinski definition) is 1. The molecular formula is C14H17F3O2S. The van der Waals surface area contributed by atoms with Crippen molar-refractivity contribution in [3.8, 4) is 5.75 Å². The number of hydrogen-bond acceptors (Lipinski definition) is 3.